The van der Waals surface area contributed by atoms with E-state index >= 15 is 0 Å². The molecule has 1 N–H and O–H groups in total. The van der Waals surface area contributed by atoms with E-state index in [0.29, 0.717) is 6.54 Å². The van der Waals surface area contributed by atoms with Crippen molar-refractivity contribution < 1.29 is 9.59 Å². The van der Waals surface area contributed by atoms with Gasteiger partial charge in [0, 0.05) is 31.6 Å². The molecule has 3 rings (SSSR count). The Balaban J connectivity index is 1.83. The molecule has 0 radical (unpaired) electrons. The van der Waals surface area contributed by atoms with Gasteiger partial charge in [-0.2, -0.15) is 0 Å². The van der Waals surface area contributed by atoms with E-state index in [1.54, 1.807) is 18.1 Å². The van der Waals surface area contributed by atoms with E-state index < -0.39 is 0 Å². The average molecular weight is 269 g/mol. The van der Waals surface area contributed by atoms with E-state index in [0.717, 1.165) is 16.6 Å². The zero-order valence-electron chi connectivity index (χ0n) is 11.2. The van der Waals surface area contributed by atoms with Gasteiger partial charge in [-0.15, -0.1) is 0 Å². The zero-order valence-corrected chi connectivity index (χ0v) is 11.2. The highest BCUT2D eigenvalue weighted by Crippen LogP contribution is 2.23. The minimum atomic E-state index is -0.278. The Morgan fingerprint density at radius 3 is 2.95 bits per heavy atom. The maximum absolute atomic E-state index is 12.2. The molecule has 0 saturated carbocycles. The first-order chi connectivity index (χ1) is 9.65. The SMILES string of the molecule is CN1C[C@@H](C(=O)Nc2cccc3ncccc23)CC1=O. The fourth-order valence-corrected chi connectivity index (χ4v) is 2.49. The Bertz CT molecular complexity index is 678. The Labute approximate surface area is 116 Å². The van der Waals surface area contributed by atoms with Gasteiger partial charge in [0.2, 0.25) is 11.8 Å². The van der Waals surface area contributed by atoms with Gasteiger partial charge in [-0.3, -0.25) is 14.6 Å². The molecule has 1 aromatic heterocycles. The average Bonchev–Trinajstić information content (AvgIpc) is 2.79. The third kappa shape index (κ3) is 2.22. The number of nitrogens with zero attached hydrogens (tertiary/aromatic N) is 2. The highest BCUT2D eigenvalue weighted by molar-refractivity contribution is 6.03. The molecule has 5 heteroatoms. The lowest BCUT2D eigenvalue weighted by Crippen LogP contribution is -2.25. The van der Waals surface area contributed by atoms with Crippen molar-refractivity contribution in [3.63, 3.8) is 0 Å². The van der Waals surface area contributed by atoms with Gasteiger partial charge in [0.05, 0.1) is 17.1 Å². The molecule has 0 aliphatic carbocycles. The van der Waals surface area contributed by atoms with Gasteiger partial charge in [-0.05, 0) is 24.3 Å². The smallest absolute Gasteiger partial charge is 0.229 e. The summed E-state index contributed by atoms with van der Waals surface area (Å²) < 4.78 is 0. The summed E-state index contributed by atoms with van der Waals surface area (Å²) in [4.78, 5) is 29.6. The quantitative estimate of drug-likeness (QED) is 0.901. The van der Waals surface area contributed by atoms with Gasteiger partial charge >= 0.3 is 0 Å². The Hall–Kier alpha value is -2.43. The van der Waals surface area contributed by atoms with Crippen molar-refractivity contribution in [1.29, 1.82) is 0 Å². The monoisotopic (exact) mass is 269 g/mol. The minimum Gasteiger partial charge on any atom is -0.345 e. The summed E-state index contributed by atoms with van der Waals surface area (Å²) in [5.74, 6) is -0.372. The minimum absolute atomic E-state index is 0.0183. The molecule has 2 amide bonds. The van der Waals surface area contributed by atoms with Crippen LogP contribution < -0.4 is 5.32 Å². The van der Waals surface area contributed by atoms with E-state index in [1.807, 2.05) is 30.3 Å². The number of rotatable bonds is 2. The van der Waals surface area contributed by atoms with Crippen LogP contribution in [0, 0.1) is 5.92 Å². The predicted molar refractivity (Wildman–Crippen MR) is 76.1 cm³/mol. The van der Waals surface area contributed by atoms with Crippen LogP contribution in [-0.4, -0.2) is 35.3 Å². The van der Waals surface area contributed by atoms with Crippen LogP contribution in [0.25, 0.3) is 10.9 Å². The number of hydrogen-bond acceptors (Lipinski definition) is 3. The Morgan fingerprint density at radius 1 is 1.35 bits per heavy atom. The number of carbonyl (C=O) groups excluding carboxylic acids is 2. The summed E-state index contributed by atoms with van der Waals surface area (Å²) in [5.41, 5.74) is 1.58. The van der Waals surface area contributed by atoms with Crippen molar-refractivity contribution in [2.75, 3.05) is 18.9 Å². The lowest BCUT2D eigenvalue weighted by molar-refractivity contribution is -0.127. The van der Waals surface area contributed by atoms with Crippen LogP contribution in [0.5, 0.6) is 0 Å². The number of hydrogen-bond donors (Lipinski definition) is 1. The summed E-state index contributed by atoms with van der Waals surface area (Å²) in [6.07, 6.45) is 2.00. The standard InChI is InChI=1S/C15H15N3O2/c1-18-9-10(8-14(18)19)15(20)17-13-6-2-5-12-11(13)4-3-7-16-12/h2-7,10H,8-9H2,1H3,(H,17,20)/t10-/m0/s1. The lowest BCUT2D eigenvalue weighted by atomic mass is 10.1. The van der Waals surface area contributed by atoms with Gasteiger partial charge in [-0.1, -0.05) is 6.07 Å². The van der Waals surface area contributed by atoms with Crippen LogP contribution in [0.15, 0.2) is 36.5 Å². The molecule has 1 atom stereocenters. The van der Waals surface area contributed by atoms with Crippen molar-refractivity contribution in [2.45, 2.75) is 6.42 Å². The number of fused-ring (bicyclic) bond motifs is 1. The fourth-order valence-electron chi connectivity index (χ4n) is 2.49. The first-order valence-electron chi connectivity index (χ1n) is 6.54. The van der Waals surface area contributed by atoms with Crippen molar-refractivity contribution in [1.82, 2.24) is 9.88 Å². The van der Waals surface area contributed by atoms with Crippen molar-refractivity contribution in [3.05, 3.63) is 36.5 Å². The number of likely N-dealkylation sites (tertiary alicyclic amines) is 1. The van der Waals surface area contributed by atoms with Crippen LogP contribution in [0.3, 0.4) is 0 Å². The zero-order chi connectivity index (χ0) is 14.1. The number of nitrogens with one attached hydrogen (secondary N) is 1. The second-order valence-electron chi connectivity index (χ2n) is 5.04. The van der Waals surface area contributed by atoms with Crippen LogP contribution in [0.1, 0.15) is 6.42 Å². The van der Waals surface area contributed by atoms with E-state index in [4.69, 9.17) is 0 Å². The molecule has 0 bridgehead atoms. The third-order valence-corrected chi connectivity index (χ3v) is 3.62. The molecule has 1 fully saturated rings. The molecule has 1 saturated heterocycles. The molecule has 1 aliphatic heterocycles. The van der Waals surface area contributed by atoms with Gasteiger partial charge in [-0.25, -0.2) is 0 Å². The van der Waals surface area contributed by atoms with Gasteiger partial charge in [0.15, 0.2) is 0 Å². The maximum Gasteiger partial charge on any atom is 0.229 e. The highest BCUT2D eigenvalue weighted by atomic mass is 16.2. The molecule has 20 heavy (non-hydrogen) atoms. The van der Waals surface area contributed by atoms with Crippen LogP contribution in [0.2, 0.25) is 0 Å². The molecule has 2 heterocycles. The van der Waals surface area contributed by atoms with Crippen LogP contribution in [0.4, 0.5) is 5.69 Å². The molecule has 0 unspecified atom stereocenters. The van der Waals surface area contributed by atoms with E-state index in [-0.39, 0.29) is 24.2 Å². The van der Waals surface area contributed by atoms with E-state index in [1.165, 1.54) is 0 Å². The summed E-state index contributed by atoms with van der Waals surface area (Å²) in [5, 5.41) is 3.81. The molecule has 102 valence electrons. The largest absolute Gasteiger partial charge is 0.345 e. The molecular weight excluding hydrogens is 254 g/mol. The summed E-state index contributed by atoms with van der Waals surface area (Å²) in [6.45, 7) is 0.480. The second-order valence-corrected chi connectivity index (χ2v) is 5.04. The predicted octanol–water partition coefficient (Wildman–Crippen LogP) is 1.65. The molecule has 1 aromatic carbocycles. The number of benzene rings is 1. The fraction of sp³-hybridized carbons (Fsp3) is 0.267. The van der Waals surface area contributed by atoms with Crippen molar-refractivity contribution in [2.24, 2.45) is 5.92 Å². The highest BCUT2D eigenvalue weighted by Gasteiger charge is 2.32. The van der Waals surface area contributed by atoms with E-state index in [2.05, 4.69) is 10.3 Å². The molecule has 1 aliphatic rings. The van der Waals surface area contributed by atoms with Gasteiger partial charge in [0.25, 0.3) is 0 Å². The first kappa shape index (κ1) is 12.6. The number of aromatic nitrogens is 1. The van der Waals surface area contributed by atoms with Crippen LogP contribution in [-0.2, 0) is 9.59 Å². The van der Waals surface area contributed by atoms with Crippen molar-refractivity contribution >= 4 is 28.4 Å². The third-order valence-electron chi connectivity index (χ3n) is 3.62. The van der Waals surface area contributed by atoms with Crippen molar-refractivity contribution in [3.8, 4) is 0 Å². The molecule has 0 spiro atoms. The normalized spacial score (nSPS) is 18.6. The lowest BCUT2D eigenvalue weighted by Gasteiger charge is -2.12. The number of carbonyl (C=O) groups is 2. The maximum atomic E-state index is 12.2. The summed E-state index contributed by atoms with van der Waals surface area (Å²) in [7, 11) is 1.72. The van der Waals surface area contributed by atoms with Gasteiger partial charge < -0.3 is 10.2 Å². The number of anilines is 1. The summed E-state index contributed by atoms with van der Waals surface area (Å²) >= 11 is 0. The number of pyridine rings is 1. The second kappa shape index (κ2) is 4.92. The topological polar surface area (TPSA) is 62.3 Å². The first-order valence-corrected chi connectivity index (χ1v) is 6.54. The van der Waals surface area contributed by atoms with Gasteiger partial charge in [0.1, 0.15) is 0 Å². The molecular formula is C15H15N3O2. The molecule has 5 nitrogen and oxygen atoms in total. The Morgan fingerprint density at radius 2 is 2.20 bits per heavy atom. The summed E-state index contributed by atoms with van der Waals surface area (Å²) in [6, 6.07) is 9.37. The number of amides is 2. The Kier molecular flexibility index (Phi) is 3.10. The van der Waals surface area contributed by atoms with E-state index in [9.17, 15) is 9.59 Å². The van der Waals surface area contributed by atoms with Crippen LogP contribution >= 0.6 is 0 Å². The molecule has 2 aromatic rings.